The van der Waals surface area contributed by atoms with E-state index in [1.54, 1.807) is 42.1 Å². The summed E-state index contributed by atoms with van der Waals surface area (Å²) in [5.41, 5.74) is 6.77. The molecule has 0 N–H and O–H groups in total. The molecule has 2 atom stereocenters. The Balaban J connectivity index is 0.000000502. The molecule has 4 aliphatic carbocycles. The minimum Gasteiger partial charge on any atom is -0.855 e. The zero-order chi connectivity index (χ0) is 19.6. The topological polar surface area (TPSA) is 46.1 Å². The molecule has 152 valence electrons. The Hall–Kier alpha value is -0.237. The summed E-state index contributed by atoms with van der Waals surface area (Å²) >= 11 is 0. The van der Waals surface area contributed by atoms with Crippen molar-refractivity contribution < 1.29 is 36.4 Å². The van der Waals surface area contributed by atoms with E-state index < -0.39 is 0 Å². The Morgan fingerprint density at radius 1 is 0.821 bits per heavy atom. The van der Waals surface area contributed by atoms with Gasteiger partial charge in [-0.25, -0.2) is 0 Å². The summed E-state index contributed by atoms with van der Waals surface area (Å²) in [5.74, 6) is 2.86. The fourth-order valence-corrected chi connectivity index (χ4v) is 4.85. The van der Waals surface area contributed by atoms with Gasteiger partial charge in [-0.1, -0.05) is 48.3 Å². The molecule has 0 aromatic rings. The van der Waals surface area contributed by atoms with Gasteiger partial charge in [0.25, 0.3) is 0 Å². The molecule has 2 nitrogen and oxygen atoms in total. The monoisotopic (exact) mass is 458 g/mol. The molecule has 2 unspecified atom stereocenters. The van der Waals surface area contributed by atoms with Crippen LogP contribution in [-0.4, -0.2) is 13.2 Å². The molecule has 0 fully saturated rings. The van der Waals surface area contributed by atoms with Crippen molar-refractivity contribution in [2.24, 2.45) is 11.8 Å². The first-order valence-corrected chi connectivity index (χ1v) is 10.8. The van der Waals surface area contributed by atoms with Gasteiger partial charge in [0.05, 0.1) is 0 Å². The van der Waals surface area contributed by atoms with Gasteiger partial charge in [-0.3, -0.25) is 0 Å². The van der Waals surface area contributed by atoms with Crippen LogP contribution in [0, 0.1) is 24.7 Å². The molecule has 4 aliphatic rings. The first-order valence-electron chi connectivity index (χ1n) is 10.8. The molecule has 0 aromatic carbocycles. The maximum Gasteiger partial charge on any atom is 4.00 e. The van der Waals surface area contributed by atoms with Crippen LogP contribution in [-0.2, 0) is 26.2 Å². The first kappa shape index (κ1) is 25.8. The smallest absolute Gasteiger partial charge is 0.855 e. The van der Waals surface area contributed by atoms with Crippen LogP contribution in [0.25, 0.3) is 0 Å². The van der Waals surface area contributed by atoms with Crippen LogP contribution in [0.15, 0.2) is 46.6 Å². The van der Waals surface area contributed by atoms with Gasteiger partial charge in [-0.2, -0.15) is 0 Å². The van der Waals surface area contributed by atoms with E-state index in [1.165, 1.54) is 51.4 Å². The molecule has 0 radical (unpaired) electrons. The van der Waals surface area contributed by atoms with E-state index >= 15 is 0 Å². The van der Waals surface area contributed by atoms with Gasteiger partial charge in [-0.05, 0) is 51.4 Å². The van der Waals surface area contributed by atoms with Crippen molar-refractivity contribution >= 4 is 0 Å². The summed E-state index contributed by atoms with van der Waals surface area (Å²) in [6.07, 6.45) is 21.6. The van der Waals surface area contributed by atoms with E-state index in [0.29, 0.717) is 11.8 Å². The normalized spacial score (nSPS) is 24.8. The van der Waals surface area contributed by atoms with Crippen LogP contribution in [0.2, 0.25) is 0 Å². The van der Waals surface area contributed by atoms with Crippen LogP contribution < -0.4 is 10.2 Å². The van der Waals surface area contributed by atoms with Gasteiger partial charge in [0.15, 0.2) is 0 Å². The minimum atomic E-state index is 0. The fraction of sp³-hybridized carbons (Fsp3) is 0.600. The molecule has 3 heteroatoms. The third kappa shape index (κ3) is 6.38. The molecule has 28 heavy (non-hydrogen) atoms. The molecule has 4 rings (SSSR count). The molecule has 0 aromatic heterocycles. The molecular formula is C25H36O2Zr. The second-order valence-corrected chi connectivity index (χ2v) is 7.59. The maximum absolute atomic E-state index is 8.93. The van der Waals surface area contributed by atoms with E-state index in [1.807, 2.05) is 0 Å². The zero-order valence-corrected chi connectivity index (χ0v) is 20.2. The summed E-state index contributed by atoms with van der Waals surface area (Å²) in [4.78, 5) is 0. The SMILES string of the molecule is CC[O-].CC[O-].[CH2-]C[C-](C1C=CC2=C1CCCC2)C1C=CC2=C1CCCC2.[Zr+4]. The average molecular weight is 460 g/mol. The zero-order valence-electron chi connectivity index (χ0n) is 17.8. The molecule has 0 saturated heterocycles. The molecule has 0 spiro atoms. The van der Waals surface area contributed by atoms with E-state index in [2.05, 4.69) is 31.2 Å². The number of rotatable bonds is 3. The van der Waals surface area contributed by atoms with Crippen molar-refractivity contribution in [2.45, 2.75) is 71.6 Å². The second kappa shape index (κ2) is 13.9. The van der Waals surface area contributed by atoms with Crippen molar-refractivity contribution in [3.63, 3.8) is 0 Å². The van der Waals surface area contributed by atoms with Crippen LogP contribution in [0.5, 0.6) is 0 Å². The van der Waals surface area contributed by atoms with Gasteiger partial charge in [0, 0.05) is 0 Å². The standard InChI is InChI=1S/C21H26.2C2H5O.Zr/c1-2-17(20-13-11-15-7-3-5-9-18(15)20)21-14-12-16-8-4-6-10-19(16)21;2*1-2-3;/h11-14,20-21H,1-10H2;2*2H2,1H3;/q-2;2*-1;+4. The Morgan fingerprint density at radius 3 is 1.54 bits per heavy atom. The van der Waals surface area contributed by atoms with Gasteiger partial charge < -0.3 is 29.5 Å². The number of hydrogen-bond acceptors (Lipinski definition) is 2. The number of hydrogen-bond donors (Lipinski definition) is 0. The summed E-state index contributed by atoms with van der Waals surface area (Å²) < 4.78 is 0. The molecular weight excluding hydrogens is 423 g/mol. The van der Waals surface area contributed by atoms with E-state index in [9.17, 15) is 0 Å². The minimum absolute atomic E-state index is 0. The summed E-state index contributed by atoms with van der Waals surface area (Å²) in [5, 5.41) is 17.9. The third-order valence-corrected chi connectivity index (χ3v) is 5.93. The van der Waals surface area contributed by atoms with E-state index in [-0.39, 0.29) is 39.4 Å². The van der Waals surface area contributed by atoms with Crippen LogP contribution in [0.1, 0.15) is 71.6 Å². The van der Waals surface area contributed by atoms with Crippen molar-refractivity contribution in [2.75, 3.05) is 13.2 Å². The van der Waals surface area contributed by atoms with Crippen molar-refractivity contribution in [3.05, 3.63) is 59.4 Å². The first-order chi connectivity index (χ1) is 13.2. The van der Waals surface area contributed by atoms with Crippen LogP contribution >= 0.6 is 0 Å². The summed E-state index contributed by atoms with van der Waals surface area (Å²) in [6, 6.07) is 0. The average Bonchev–Trinajstić information content (AvgIpc) is 3.29. The van der Waals surface area contributed by atoms with Crippen molar-refractivity contribution in [1.29, 1.82) is 0 Å². The molecule has 0 heterocycles. The van der Waals surface area contributed by atoms with Crippen molar-refractivity contribution in [1.82, 2.24) is 0 Å². The van der Waals surface area contributed by atoms with E-state index in [0.717, 1.165) is 6.42 Å². The van der Waals surface area contributed by atoms with Gasteiger partial charge in [0.1, 0.15) is 0 Å². The Morgan fingerprint density at radius 2 is 1.18 bits per heavy atom. The Labute approximate surface area is 192 Å². The predicted octanol–water partition coefficient (Wildman–Crippen LogP) is 4.63. The van der Waals surface area contributed by atoms with Gasteiger partial charge in [-0.15, -0.1) is 37.2 Å². The van der Waals surface area contributed by atoms with Crippen LogP contribution in [0.4, 0.5) is 0 Å². The number of allylic oxidation sites excluding steroid dienone is 8. The summed E-state index contributed by atoms with van der Waals surface area (Å²) in [6.45, 7) is 7.44. The Kier molecular flexibility index (Phi) is 12.8. The summed E-state index contributed by atoms with van der Waals surface area (Å²) in [7, 11) is 0. The largest absolute Gasteiger partial charge is 4.00 e. The second-order valence-electron chi connectivity index (χ2n) is 7.59. The van der Waals surface area contributed by atoms with Crippen LogP contribution in [0.3, 0.4) is 0 Å². The molecule has 0 aliphatic heterocycles. The Bertz CT molecular complexity index is 535. The maximum atomic E-state index is 8.93. The van der Waals surface area contributed by atoms with Gasteiger partial charge >= 0.3 is 26.2 Å². The predicted molar refractivity (Wildman–Crippen MR) is 111 cm³/mol. The van der Waals surface area contributed by atoms with Gasteiger partial charge in [0.2, 0.25) is 0 Å². The fourth-order valence-electron chi connectivity index (χ4n) is 4.85. The van der Waals surface area contributed by atoms with Crippen molar-refractivity contribution in [3.8, 4) is 0 Å². The molecule has 0 saturated carbocycles. The van der Waals surface area contributed by atoms with E-state index in [4.69, 9.17) is 10.2 Å². The quantitative estimate of drug-likeness (QED) is 0.578. The third-order valence-electron chi connectivity index (χ3n) is 5.93. The molecule has 0 amide bonds. The molecule has 0 bridgehead atoms.